The maximum absolute atomic E-state index is 12.1. The third kappa shape index (κ3) is 4.54. The lowest BCUT2D eigenvalue weighted by molar-refractivity contribution is -0.113. The molecule has 1 aromatic heterocycles. The summed E-state index contributed by atoms with van der Waals surface area (Å²) >= 11 is 8.04. The van der Waals surface area contributed by atoms with Crippen molar-refractivity contribution in [2.75, 3.05) is 11.1 Å². The highest BCUT2D eigenvalue weighted by atomic mass is 32.2. The van der Waals surface area contributed by atoms with Crippen LogP contribution in [0.3, 0.4) is 0 Å². The minimum atomic E-state index is -0.160. The fraction of sp³-hybridized carbons (Fsp3) is 0.0588. The van der Waals surface area contributed by atoms with Crippen molar-refractivity contribution in [1.29, 1.82) is 5.26 Å². The number of hydrogen-bond donors (Lipinski definition) is 1. The van der Waals surface area contributed by atoms with E-state index in [0.717, 1.165) is 10.0 Å². The van der Waals surface area contributed by atoms with E-state index in [1.165, 1.54) is 23.1 Å². The summed E-state index contributed by atoms with van der Waals surface area (Å²) in [5.41, 5.74) is 2.01. The summed E-state index contributed by atoms with van der Waals surface area (Å²) < 4.78 is 3.06. The number of carbonyl (C=O) groups excluding carboxylic acids is 1. The largest absolute Gasteiger partial charge is 0.325 e. The van der Waals surface area contributed by atoms with Gasteiger partial charge >= 0.3 is 0 Å². The van der Waals surface area contributed by atoms with E-state index in [-0.39, 0.29) is 11.7 Å². The highest BCUT2D eigenvalue weighted by molar-refractivity contribution is 8.01. The Labute approximate surface area is 157 Å². The quantitative estimate of drug-likeness (QED) is 0.525. The molecule has 1 heterocycles. The minimum Gasteiger partial charge on any atom is -0.325 e. The van der Waals surface area contributed by atoms with E-state index >= 15 is 0 Å². The summed E-state index contributed by atoms with van der Waals surface area (Å²) in [6.45, 7) is 0. The third-order valence-corrected chi connectivity index (χ3v) is 5.50. The lowest BCUT2D eigenvalue weighted by Crippen LogP contribution is -2.14. The molecule has 0 aliphatic carbocycles. The Morgan fingerprint density at radius 2 is 2.08 bits per heavy atom. The van der Waals surface area contributed by atoms with Gasteiger partial charge in [-0.3, -0.25) is 4.79 Å². The highest BCUT2D eigenvalue weighted by Crippen LogP contribution is 2.24. The smallest absolute Gasteiger partial charge is 0.234 e. The van der Waals surface area contributed by atoms with Crippen molar-refractivity contribution < 1.29 is 4.79 Å². The van der Waals surface area contributed by atoms with E-state index in [0.29, 0.717) is 15.2 Å². The number of aromatic nitrogens is 2. The predicted molar refractivity (Wildman–Crippen MR) is 103 cm³/mol. The molecule has 25 heavy (non-hydrogen) atoms. The number of nitrogens with zero attached hydrogens (tertiary/aromatic N) is 3. The van der Waals surface area contributed by atoms with Gasteiger partial charge in [-0.2, -0.15) is 5.26 Å². The fourth-order valence-corrected chi connectivity index (χ4v) is 4.20. The van der Waals surface area contributed by atoms with Gasteiger partial charge in [0.2, 0.25) is 5.91 Å². The number of thioether (sulfide) groups is 1. The van der Waals surface area contributed by atoms with Gasteiger partial charge in [-0.05, 0) is 42.5 Å². The molecule has 0 saturated carbocycles. The Bertz CT molecular complexity index is 989. The van der Waals surface area contributed by atoms with Crippen molar-refractivity contribution in [3.63, 3.8) is 0 Å². The minimum absolute atomic E-state index is 0.160. The fourth-order valence-electron chi connectivity index (χ4n) is 2.04. The Kier molecular flexibility index (Phi) is 5.60. The standard InChI is InChI=1S/C17H12N4OS3/c18-10-12-5-4-6-13(9-12)19-15(22)11-24-16-20-21(17(23)25-16)14-7-2-1-3-8-14/h1-9H,11H2,(H,19,22). The molecule has 124 valence electrons. The Morgan fingerprint density at radius 3 is 2.84 bits per heavy atom. The first kappa shape index (κ1) is 17.4. The number of nitriles is 1. The van der Waals surface area contributed by atoms with E-state index in [4.69, 9.17) is 17.5 Å². The van der Waals surface area contributed by atoms with Crippen LogP contribution in [0.2, 0.25) is 0 Å². The van der Waals surface area contributed by atoms with E-state index in [1.807, 2.05) is 36.4 Å². The van der Waals surface area contributed by atoms with Crippen molar-refractivity contribution in [1.82, 2.24) is 9.78 Å². The number of rotatable bonds is 5. The zero-order valence-electron chi connectivity index (χ0n) is 12.9. The summed E-state index contributed by atoms with van der Waals surface area (Å²) in [4.78, 5) is 12.1. The zero-order valence-corrected chi connectivity index (χ0v) is 15.3. The Balaban J connectivity index is 1.63. The van der Waals surface area contributed by atoms with Crippen molar-refractivity contribution >= 4 is 46.9 Å². The second-order valence-electron chi connectivity index (χ2n) is 4.91. The van der Waals surface area contributed by atoms with Crippen LogP contribution in [0.15, 0.2) is 58.9 Å². The first-order valence-electron chi connectivity index (χ1n) is 7.24. The molecule has 0 fully saturated rings. The summed E-state index contributed by atoms with van der Waals surface area (Å²) in [6.07, 6.45) is 0. The van der Waals surface area contributed by atoms with Crippen LogP contribution in [0.25, 0.3) is 5.69 Å². The number of hydrogen-bond acceptors (Lipinski definition) is 6. The molecule has 0 bridgehead atoms. The number of nitrogens with one attached hydrogen (secondary N) is 1. The van der Waals surface area contributed by atoms with Gasteiger partial charge in [-0.1, -0.05) is 47.4 Å². The second kappa shape index (κ2) is 8.07. The van der Waals surface area contributed by atoms with Gasteiger partial charge in [-0.25, -0.2) is 4.68 Å². The summed E-state index contributed by atoms with van der Waals surface area (Å²) in [5.74, 6) is 0.0564. The van der Waals surface area contributed by atoms with Crippen LogP contribution in [-0.4, -0.2) is 21.4 Å². The lowest BCUT2D eigenvalue weighted by Gasteiger charge is -2.04. The molecule has 3 aromatic rings. The van der Waals surface area contributed by atoms with Crippen molar-refractivity contribution in [2.45, 2.75) is 4.34 Å². The van der Waals surface area contributed by atoms with Crippen LogP contribution in [0.4, 0.5) is 5.69 Å². The Morgan fingerprint density at radius 1 is 1.28 bits per heavy atom. The number of anilines is 1. The molecule has 0 radical (unpaired) electrons. The van der Waals surface area contributed by atoms with Crippen molar-refractivity contribution in [3.8, 4) is 11.8 Å². The van der Waals surface area contributed by atoms with Crippen LogP contribution in [-0.2, 0) is 4.79 Å². The van der Waals surface area contributed by atoms with E-state index in [2.05, 4.69) is 10.4 Å². The summed E-state index contributed by atoms with van der Waals surface area (Å²) in [6, 6.07) is 18.5. The number of para-hydroxylation sites is 1. The van der Waals surface area contributed by atoms with Crippen LogP contribution in [0.5, 0.6) is 0 Å². The average molecular weight is 385 g/mol. The Hall–Kier alpha value is -2.47. The van der Waals surface area contributed by atoms with E-state index in [9.17, 15) is 4.79 Å². The van der Waals surface area contributed by atoms with Gasteiger partial charge in [0, 0.05) is 5.69 Å². The van der Waals surface area contributed by atoms with Gasteiger partial charge in [0.25, 0.3) is 0 Å². The van der Waals surface area contributed by atoms with Crippen LogP contribution in [0, 0.1) is 15.3 Å². The van der Waals surface area contributed by atoms with Gasteiger partial charge < -0.3 is 5.32 Å². The monoisotopic (exact) mass is 384 g/mol. The molecule has 0 saturated heterocycles. The predicted octanol–water partition coefficient (Wildman–Crippen LogP) is 4.27. The molecule has 0 aliphatic heterocycles. The molecule has 0 spiro atoms. The zero-order chi connectivity index (χ0) is 17.6. The van der Waals surface area contributed by atoms with Gasteiger partial charge in [0.05, 0.1) is 23.1 Å². The third-order valence-electron chi connectivity index (χ3n) is 3.13. The molecule has 8 heteroatoms. The molecule has 1 amide bonds. The molecular formula is C17H12N4OS3. The molecule has 1 N–H and O–H groups in total. The molecule has 5 nitrogen and oxygen atoms in total. The molecule has 0 unspecified atom stereocenters. The molecular weight excluding hydrogens is 372 g/mol. The number of benzene rings is 2. The van der Waals surface area contributed by atoms with Gasteiger partial charge in [0.1, 0.15) is 0 Å². The van der Waals surface area contributed by atoms with Gasteiger partial charge in [-0.15, -0.1) is 5.10 Å². The van der Waals surface area contributed by atoms with Crippen molar-refractivity contribution in [2.24, 2.45) is 0 Å². The summed E-state index contributed by atoms with van der Waals surface area (Å²) in [5, 5.41) is 16.1. The molecule has 3 rings (SSSR count). The first-order valence-corrected chi connectivity index (χ1v) is 9.45. The first-order chi connectivity index (χ1) is 12.2. The van der Waals surface area contributed by atoms with Gasteiger partial charge in [0.15, 0.2) is 8.29 Å². The van der Waals surface area contributed by atoms with E-state index in [1.54, 1.807) is 28.9 Å². The normalized spacial score (nSPS) is 10.2. The van der Waals surface area contributed by atoms with E-state index < -0.39 is 0 Å². The molecule has 2 aromatic carbocycles. The highest BCUT2D eigenvalue weighted by Gasteiger charge is 2.09. The lowest BCUT2D eigenvalue weighted by atomic mass is 10.2. The van der Waals surface area contributed by atoms with Crippen LogP contribution >= 0.6 is 35.3 Å². The maximum Gasteiger partial charge on any atom is 0.234 e. The molecule has 0 atom stereocenters. The van der Waals surface area contributed by atoms with Crippen LogP contribution < -0.4 is 5.32 Å². The van der Waals surface area contributed by atoms with Crippen molar-refractivity contribution in [3.05, 3.63) is 64.1 Å². The second-order valence-corrected chi connectivity index (χ2v) is 7.76. The van der Waals surface area contributed by atoms with Crippen LogP contribution in [0.1, 0.15) is 5.56 Å². The summed E-state index contributed by atoms with van der Waals surface area (Å²) in [7, 11) is 0. The number of carbonyl (C=O) groups is 1. The average Bonchev–Trinajstić information content (AvgIpc) is 3.01. The SMILES string of the molecule is N#Cc1cccc(NC(=O)CSc2nn(-c3ccccc3)c(=S)s2)c1. The maximum atomic E-state index is 12.1. The number of amides is 1. The topological polar surface area (TPSA) is 70.7 Å². The molecule has 0 aliphatic rings.